The van der Waals surface area contributed by atoms with Gasteiger partial charge in [-0.15, -0.1) is 0 Å². The van der Waals surface area contributed by atoms with Crippen molar-refractivity contribution in [3.63, 3.8) is 0 Å². The Morgan fingerprint density at radius 2 is 1.12 bits per heavy atom. The first-order valence-corrected chi connectivity index (χ1v) is 19.5. The maximum absolute atomic E-state index is 12.2. The lowest BCUT2D eigenvalue weighted by atomic mass is 9.77. The maximum atomic E-state index is 12.2. The Morgan fingerprint density at radius 1 is 0.680 bits per heavy atom. The van der Waals surface area contributed by atoms with Crippen LogP contribution in [0.25, 0.3) is 0 Å². The monoisotopic (exact) mass is 723 g/mol. The molecule has 0 nitrogen and oxygen atoms in total. The molecular weight excluding hydrogens is 642 g/mol. The van der Waals surface area contributed by atoms with Crippen LogP contribution in [0, 0.1) is 46.3 Å². The zero-order chi connectivity index (χ0) is 39.7. The van der Waals surface area contributed by atoms with Crippen LogP contribution in [0.5, 0.6) is 0 Å². The number of alkyl halides is 6. The van der Waals surface area contributed by atoms with Crippen molar-refractivity contribution in [2.75, 3.05) is 0 Å². The molecule has 1 aromatic rings. The van der Waals surface area contributed by atoms with Crippen LogP contribution in [-0.4, -0.2) is 18.3 Å². The van der Waals surface area contributed by atoms with Gasteiger partial charge in [-0.2, -0.15) is 8.78 Å². The summed E-state index contributed by atoms with van der Waals surface area (Å²) in [5.74, 6) is -4.08. The minimum Gasteiger partial charge on any atom is -0.207 e. The molecule has 3 rings (SSSR count). The zero-order valence-corrected chi connectivity index (χ0v) is 35.3. The molecule has 0 bridgehead atoms. The molecule has 0 unspecified atom stereocenters. The van der Waals surface area contributed by atoms with E-state index in [-0.39, 0.29) is 12.8 Å². The van der Waals surface area contributed by atoms with Gasteiger partial charge < -0.3 is 0 Å². The van der Waals surface area contributed by atoms with Gasteiger partial charge in [-0.25, -0.2) is 17.6 Å². The van der Waals surface area contributed by atoms with Crippen molar-refractivity contribution >= 4 is 0 Å². The van der Waals surface area contributed by atoms with E-state index in [9.17, 15) is 26.3 Å². The summed E-state index contributed by atoms with van der Waals surface area (Å²) in [5, 5.41) is 0. The third kappa shape index (κ3) is 24.9. The molecule has 0 radical (unpaired) electrons. The van der Waals surface area contributed by atoms with E-state index in [1.54, 1.807) is 0 Å². The molecule has 0 aliphatic heterocycles. The lowest BCUT2D eigenvalue weighted by Gasteiger charge is -2.35. The van der Waals surface area contributed by atoms with Crippen LogP contribution in [0.2, 0.25) is 0 Å². The Bertz CT molecular complexity index is 943. The van der Waals surface area contributed by atoms with Crippen molar-refractivity contribution in [1.82, 2.24) is 0 Å². The van der Waals surface area contributed by atoms with Crippen LogP contribution in [0.4, 0.5) is 26.3 Å². The van der Waals surface area contributed by atoms with E-state index < -0.39 is 24.2 Å². The highest BCUT2D eigenvalue weighted by molar-refractivity contribution is 5.23. The van der Waals surface area contributed by atoms with Gasteiger partial charge in [-0.1, -0.05) is 154 Å². The minimum absolute atomic E-state index is 0.130. The van der Waals surface area contributed by atoms with Gasteiger partial charge in [0.15, 0.2) is 0 Å². The molecule has 0 aromatic heterocycles. The molecule has 50 heavy (non-hydrogen) atoms. The Balaban J connectivity index is 0. The quantitative estimate of drug-likeness (QED) is 0.211. The fraction of sp³-hybridized carbons (Fsp3) is 0.864. The second-order valence-corrected chi connectivity index (χ2v) is 19.5. The van der Waals surface area contributed by atoms with E-state index in [1.165, 1.54) is 50.5 Å². The van der Waals surface area contributed by atoms with Crippen molar-refractivity contribution in [1.29, 1.82) is 0 Å². The van der Waals surface area contributed by atoms with Crippen LogP contribution in [0.1, 0.15) is 181 Å². The summed E-state index contributed by atoms with van der Waals surface area (Å²) in [5.41, 5.74) is 3.00. The average Bonchev–Trinajstić information content (AvgIpc) is 3.32. The fourth-order valence-electron chi connectivity index (χ4n) is 7.54. The first kappa shape index (κ1) is 50.9. The summed E-state index contributed by atoms with van der Waals surface area (Å²) in [4.78, 5) is 0. The molecule has 0 atom stereocenters. The molecule has 6 heteroatoms. The van der Waals surface area contributed by atoms with Crippen molar-refractivity contribution in [2.24, 2.45) is 46.3 Å². The number of benzene rings is 1. The third-order valence-electron chi connectivity index (χ3n) is 9.25. The summed E-state index contributed by atoms with van der Waals surface area (Å²) in [6.07, 6.45) is 7.60. The van der Waals surface area contributed by atoms with Gasteiger partial charge in [0, 0.05) is 18.8 Å². The largest absolute Gasteiger partial charge is 0.309 e. The Labute approximate surface area is 306 Å². The smallest absolute Gasteiger partial charge is 0.207 e. The van der Waals surface area contributed by atoms with Crippen molar-refractivity contribution < 1.29 is 26.3 Å². The molecule has 0 saturated heterocycles. The van der Waals surface area contributed by atoms with E-state index in [1.807, 2.05) is 0 Å². The van der Waals surface area contributed by atoms with Gasteiger partial charge in [0.2, 0.25) is 5.92 Å². The zero-order valence-electron chi connectivity index (χ0n) is 35.3. The molecule has 2 saturated carbocycles. The second kappa shape index (κ2) is 22.8. The standard InChI is InChI=1S/C13H20.C10H20.C8H14F2.C8H18.C5H8F4/c1-11(2)10-13(3,4)12-8-6-5-7-9-12;1-9(2)8-10(3)6-4-5-7-10;1-6(2)3-7-4-8(9,10)5-7;1-7(2)6-8(3,4)5;1-3(2)5(8,9)4(6)7/h5-9,11H,10H2,1-4H3;9H,4-8H2,1-3H3;6-7H,3-5H2,1-2H3;7H,6H2,1-5H3;3-4H,1-2H3. The number of hydrogen-bond acceptors (Lipinski definition) is 0. The molecule has 1 aromatic carbocycles. The molecule has 298 valence electrons. The fourth-order valence-corrected chi connectivity index (χ4v) is 7.54. The van der Waals surface area contributed by atoms with E-state index in [4.69, 9.17) is 0 Å². The Kier molecular flexibility index (Phi) is 23.2. The summed E-state index contributed by atoms with van der Waals surface area (Å²) in [7, 11) is 0. The van der Waals surface area contributed by atoms with E-state index in [0.717, 1.165) is 38.0 Å². The first-order chi connectivity index (χ1) is 22.4. The normalized spacial score (nSPS) is 17.4. The van der Waals surface area contributed by atoms with Crippen LogP contribution in [0.3, 0.4) is 0 Å². The third-order valence-corrected chi connectivity index (χ3v) is 9.25. The van der Waals surface area contributed by atoms with Gasteiger partial charge in [0.05, 0.1) is 0 Å². The summed E-state index contributed by atoms with van der Waals surface area (Å²) >= 11 is 0. The predicted octanol–water partition coefficient (Wildman–Crippen LogP) is 16.3. The molecule has 2 fully saturated rings. The Hall–Kier alpha value is -1.20. The molecule has 0 N–H and O–H groups in total. The molecule has 0 amide bonds. The maximum Gasteiger partial charge on any atom is 0.309 e. The molecule has 2 aliphatic rings. The van der Waals surface area contributed by atoms with Crippen LogP contribution in [0.15, 0.2) is 30.3 Å². The van der Waals surface area contributed by atoms with Crippen LogP contribution in [-0.2, 0) is 5.41 Å². The average molecular weight is 723 g/mol. The summed E-state index contributed by atoms with van der Waals surface area (Å²) in [6, 6.07) is 10.8. The van der Waals surface area contributed by atoms with E-state index in [2.05, 4.69) is 127 Å². The summed E-state index contributed by atoms with van der Waals surface area (Å²) < 4.78 is 70.9. The van der Waals surface area contributed by atoms with E-state index in [0.29, 0.717) is 28.1 Å². The lowest BCUT2D eigenvalue weighted by molar-refractivity contribution is -0.156. The van der Waals surface area contributed by atoms with Crippen LogP contribution >= 0.6 is 0 Å². The second-order valence-electron chi connectivity index (χ2n) is 19.5. The van der Waals surface area contributed by atoms with Gasteiger partial charge in [-0.3, -0.25) is 0 Å². The highest BCUT2D eigenvalue weighted by Crippen LogP contribution is 2.45. The molecule has 0 heterocycles. The highest BCUT2D eigenvalue weighted by Gasteiger charge is 2.45. The topological polar surface area (TPSA) is 0 Å². The number of rotatable bonds is 10. The minimum atomic E-state index is -3.83. The number of hydrogen-bond donors (Lipinski definition) is 0. The Morgan fingerprint density at radius 3 is 1.38 bits per heavy atom. The summed E-state index contributed by atoms with van der Waals surface area (Å²) in [6.45, 7) is 34.0. The lowest BCUT2D eigenvalue weighted by Crippen LogP contribution is -2.35. The molecule has 2 aliphatic carbocycles. The predicted molar refractivity (Wildman–Crippen MR) is 207 cm³/mol. The van der Waals surface area contributed by atoms with Crippen molar-refractivity contribution in [2.45, 2.75) is 199 Å². The van der Waals surface area contributed by atoms with Gasteiger partial charge >= 0.3 is 12.3 Å². The molecule has 0 spiro atoms. The number of halogens is 6. The SMILES string of the molecule is CC(C)C(F)(F)C(F)F.CC(C)CC(C)(C)C.CC(C)CC(C)(C)c1ccccc1.CC(C)CC1(C)CCCC1.CC(C)CC1CC(F)(F)C1. The van der Waals surface area contributed by atoms with Crippen LogP contribution < -0.4 is 0 Å². The highest BCUT2D eigenvalue weighted by atomic mass is 19.3. The van der Waals surface area contributed by atoms with Crippen molar-refractivity contribution in [3.8, 4) is 0 Å². The molecular formula is C44H80F6. The van der Waals surface area contributed by atoms with Gasteiger partial charge in [0.1, 0.15) is 0 Å². The van der Waals surface area contributed by atoms with Gasteiger partial charge in [-0.05, 0) is 89.9 Å². The van der Waals surface area contributed by atoms with Crippen molar-refractivity contribution in [3.05, 3.63) is 35.9 Å². The van der Waals surface area contributed by atoms with Gasteiger partial charge in [0.25, 0.3) is 0 Å². The first-order valence-electron chi connectivity index (χ1n) is 19.5. The van der Waals surface area contributed by atoms with E-state index >= 15 is 0 Å².